The maximum absolute atomic E-state index is 13.8. The van der Waals surface area contributed by atoms with Gasteiger partial charge in [0.15, 0.2) is 0 Å². The van der Waals surface area contributed by atoms with E-state index in [1.165, 1.54) is 4.90 Å². The Labute approximate surface area is 109 Å². The van der Waals surface area contributed by atoms with Gasteiger partial charge in [-0.25, -0.2) is 13.6 Å². The Morgan fingerprint density at radius 2 is 2.00 bits per heavy atom. The first-order chi connectivity index (χ1) is 8.90. The minimum atomic E-state index is -1.39. The average molecular weight is 268 g/mol. The molecule has 1 rings (SSSR count). The molecule has 0 aliphatic heterocycles. The highest BCUT2D eigenvalue weighted by atomic mass is 19.1. The van der Waals surface area contributed by atoms with Crippen LogP contribution in [0.4, 0.5) is 14.5 Å². The number of rotatable bonds is 5. The fourth-order valence-corrected chi connectivity index (χ4v) is 1.74. The third kappa shape index (κ3) is 3.41. The molecule has 102 valence electrons. The molecule has 1 unspecified atom stereocenters. The lowest BCUT2D eigenvalue weighted by Gasteiger charge is -2.25. The number of anilines is 1. The Bertz CT molecular complexity index is 503. The van der Waals surface area contributed by atoms with Crippen LogP contribution in [0, 0.1) is 28.9 Å². The molecule has 19 heavy (non-hydrogen) atoms. The zero-order chi connectivity index (χ0) is 14.6. The molecule has 4 nitrogen and oxygen atoms in total. The van der Waals surface area contributed by atoms with Crippen molar-refractivity contribution in [1.82, 2.24) is 0 Å². The van der Waals surface area contributed by atoms with E-state index in [-0.39, 0.29) is 12.2 Å². The van der Waals surface area contributed by atoms with Crippen LogP contribution in [0.5, 0.6) is 0 Å². The van der Waals surface area contributed by atoms with E-state index >= 15 is 0 Å². The molecule has 1 N–H and O–H groups in total. The third-order valence-corrected chi connectivity index (χ3v) is 2.68. The van der Waals surface area contributed by atoms with E-state index in [2.05, 4.69) is 0 Å². The average Bonchev–Trinajstić information content (AvgIpc) is 2.35. The number of hydrogen-bond donors (Lipinski definition) is 1. The minimum absolute atomic E-state index is 0.174. The first-order valence-corrected chi connectivity index (χ1v) is 5.77. The predicted molar refractivity (Wildman–Crippen MR) is 66.0 cm³/mol. The number of benzene rings is 1. The summed E-state index contributed by atoms with van der Waals surface area (Å²) in [7, 11) is 0. The second kappa shape index (κ2) is 6.14. The summed E-state index contributed by atoms with van der Waals surface area (Å²) in [5, 5.41) is 17.5. The van der Waals surface area contributed by atoms with Gasteiger partial charge in [0.05, 0.1) is 17.6 Å². The molecule has 0 aliphatic rings. The van der Waals surface area contributed by atoms with Crippen molar-refractivity contribution in [2.75, 3.05) is 18.0 Å². The van der Waals surface area contributed by atoms with Crippen LogP contribution in [-0.4, -0.2) is 24.2 Å². The van der Waals surface area contributed by atoms with Crippen LogP contribution < -0.4 is 4.90 Å². The van der Waals surface area contributed by atoms with Crippen molar-refractivity contribution >= 4 is 11.7 Å². The molecule has 0 bridgehead atoms. The van der Waals surface area contributed by atoms with Crippen molar-refractivity contribution in [3.63, 3.8) is 0 Å². The normalized spacial score (nSPS) is 11.7. The number of carboxylic acids is 1. The maximum atomic E-state index is 13.8. The number of nitrogens with zero attached hydrogens (tertiary/aromatic N) is 2. The number of aromatic carboxylic acids is 1. The second-order valence-electron chi connectivity index (χ2n) is 4.16. The Kier molecular flexibility index (Phi) is 4.81. The number of carboxylic acid groups (broad SMARTS) is 1. The van der Waals surface area contributed by atoms with Gasteiger partial charge in [-0.05, 0) is 26.0 Å². The van der Waals surface area contributed by atoms with Crippen LogP contribution in [0.1, 0.15) is 24.2 Å². The van der Waals surface area contributed by atoms with Crippen LogP contribution in [0.25, 0.3) is 0 Å². The fraction of sp³-hybridized carbons (Fsp3) is 0.385. The van der Waals surface area contributed by atoms with E-state index in [1.54, 1.807) is 13.8 Å². The van der Waals surface area contributed by atoms with Crippen molar-refractivity contribution in [3.8, 4) is 6.07 Å². The van der Waals surface area contributed by atoms with E-state index in [0.29, 0.717) is 6.54 Å². The molecule has 0 aliphatic carbocycles. The minimum Gasteiger partial charge on any atom is -0.478 e. The van der Waals surface area contributed by atoms with Gasteiger partial charge in [-0.3, -0.25) is 0 Å². The summed E-state index contributed by atoms with van der Waals surface area (Å²) in [5.41, 5.74) is -0.738. The molecule has 0 amide bonds. The number of hydrogen-bond acceptors (Lipinski definition) is 3. The van der Waals surface area contributed by atoms with Crippen LogP contribution >= 0.6 is 0 Å². The number of halogens is 2. The first-order valence-electron chi connectivity index (χ1n) is 5.77. The summed E-state index contributed by atoms with van der Waals surface area (Å²) in [6.45, 7) is 3.83. The molecule has 0 saturated carbocycles. The summed E-state index contributed by atoms with van der Waals surface area (Å²) < 4.78 is 27.7. The molecular weight excluding hydrogens is 254 g/mol. The predicted octanol–water partition coefficient (Wildman–Crippen LogP) is 2.65. The van der Waals surface area contributed by atoms with Crippen LogP contribution in [0.3, 0.4) is 0 Å². The van der Waals surface area contributed by atoms with E-state index in [1.807, 2.05) is 6.07 Å². The monoisotopic (exact) mass is 268 g/mol. The molecule has 6 heteroatoms. The summed E-state index contributed by atoms with van der Waals surface area (Å²) in [5.74, 6) is -3.66. The highest BCUT2D eigenvalue weighted by Gasteiger charge is 2.20. The van der Waals surface area contributed by atoms with Gasteiger partial charge in [-0.15, -0.1) is 0 Å². The molecule has 0 saturated heterocycles. The Morgan fingerprint density at radius 1 is 1.47 bits per heavy atom. The standard InChI is InChI=1S/C13H14F2N2O2/c1-3-17(7-8(2)6-16)12-10(14)4-9(13(18)19)5-11(12)15/h4-5,8H,3,7H2,1-2H3,(H,18,19). The summed E-state index contributed by atoms with van der Waals surface area (Å²) in [4.78, 5) is 12.1. The van der Waals surface area contributed by atoms with Crippen molar-refractivity contribution in [3.05, 3.63) is 29.3 Å². The largest absolute Gasteiger partial charge is 0.478 e. The molecule has 0 spiro atoms. The molecule has 1 atom stereocenters. The molecular formula is C13H14F2N2O2. The van der Waals surface area contributed by atoms with Crippen LogP contribution in [-0.2, 0) is 0 Å². The van der Waals surface area contributed by atoms with Gasteiger partial charge in [0.25, 0.3) is 0 Å². The van der Waals surface area contributed by atoms with Gasteiger partial charge in [-0.2, -0.15) is 5.26 Å². The van der Waals surface area contributed by atoms with Crippen molar-refractivity contribution < 1.29 is 18.7 Å². The maximum Gasteiger partial charge on any atom is 0.335 e. The zero-order valence-electron chi connectivity index (χ0n) is 10.7. The lowest BCUT2D eigenvalue weighted by atomic mass is 10.1. The topological polar surface area (TPSA) is 64.3 Å². The first kappa shape index (κ1) is 14.9. The highest BCUT2D eigenvalue weighted by molar-refractivity contribution is 5.88. The summed E-state index contributed by atoms with van der Waals surface area (Å²) in [6, 6.07) is 3.54. The summed E-state index contributed by atoms with van der Waals surface area (Å²) in [6.07, 6.45) is 0. The molecule has 0 heterocycles. The fourth-order valence-electron chi connectivity index (χ4n) is 1.74. The molecule has 0 fully saturated rings. The van der Waals surface area contributed by atoms with E-state index in [9.17, 15) is 13.6 Å². The van der Waals surface area contributed by atoms with Gasteiger partial charge < -0.3 is 10.0 Å². The zero-order valence-corrected chi connectivity index (χ0v) is 10.7. The molecule has 0 radical (unpaired) electrons. The van der Waals surface area contributed by atoms with E-state index in [0.717, 1.165) is 12.1 Å². The van der Waals surface area contributed by atoms with Crippen LogP contribution in [0.2, 0.25) is 0 Å². The number of nitriles is 1. The molecule has 1 aromatic carbocycles. The van der Waals surface area contributed by atoms with Crippen molar-refractivity contribution in [1.29, 1.82) is 5.26 Å². The van der Waals surface area contributed by atoms with Gasteiger partial charge in [0, 0.05) is 13.1 Å². The van der Waals surface area contributed by atoms with Crippen LogP contribution in [0.15, 0.2) is 12.1 Å². The third-order valence-electron chi connectivity index (χ3n) is 2.68. The van der Waals surface area contributed by atoms with Crippen molar-refractivity contribution in [2.24, 2.45) is 5.92 Å². The lowest BCUT2D eigenvalue weighted by molar-refractivity contribution is 0.0695. The molecule has 0 aromatic heterocycles. The van der Waals surface area contributed by atoms with Gasteiger partial charge in [-0.1, -0.05) is 0 Å². The highest BCUT2D eigenvalue weighted by Crippen LogP contribution is 2.25. The van der Waals surface area contributed by atoms with Gasteiger partial charge in [0.2, 0.25) is 0 Å². The summed E-state index contributed by atoms with van der Waals surface area (Å²) >= 11 is 0. The Balaban J connectivity index is 3.18. The van der Waals surface area contributed by atoms with Crippen molar-refractivity contribution in [2.45, 2.75) is 13.8 Å². The second-order valence-corrected chi connectivity index (χ2v) is 4.16. The van der Waals surface area contributed by atoms with E-state index in [4.69, 9.17) is 10.4 Å². The van der Waals surface area contributed by atoms with E-state index < -0.39 is 29.1 Å². The number of carbonyl (C=O) groups is 1. The molecule has 1 aromatic rings. The Morgan fingerprint density at radius 3 is 2.37 bits per heavy atom. The smallest absolute Gasteiger partial charge is 0.335 e. The van der Waals surface area contributed by atoms with Gasteiger partial charge in [0.1, 0.15) is 17.3 Å². The SMILES string of the molecule is CCN(CC(C)C#N)c1c(F)cc(C(=O)O)cc1F. The lowest BCUT2D eigenvalue weighted by Crippen LogP contribution is -2.29. The quantitative estimate of drug-likeness (QED) is 0.891. The van der Waals surface area contributed by atoms with Gasteiger partial charge >= 0.3 is 5.97 Å². The Hall–Kier alpha value is -2.16.